The van der Waals surface area contributed by atoms with Crippen molar-refractivity contribution >= 4 is 105 Å². The highest BCUT2D eigenvalue weighted by molar-refractivity contribution is 7.26. The topological polar surface area (TPSA) is 33.4 Å². The number of para-hydroxylation sites is 1. The standard InChI is InChI=1S/C53H38N4SSi/c1-53(2)44-28-25-38(34-47(44)57(49-23-13-14-30-54-49)50-45(53)29-27-42-41-20-10-12-22-48(41)58-51(42)50)59(35-15-5-3-6-16-35,36-17-7-4-8-18-36)37-24-26-39-40-19-9-11-21-46(40)56-32-31-55-52(56)43(39)33-37/h3-34H,1-2H3. The van der Waals surface area contributed by atoms with E-state index in [2.05, 4.69) is 199 Å². The maximum absolute atomic E-state index is 5.09. The number of hydrogen-bond acceptors (Lipinski definition) is 4. The largest absolute Gasteiger partial charge is 0.299 e. The van der Waals surface area contributed by atoms with Gasteiger partial charge in [0.1, 0.15) is 11.5 Å². The van der Waals surface area contributed by atoms with Gasteiger partial charge in [0.2, 0.25) is 0 Å². The zero-order chi connectivity index (χ0) is 39.3. The van der Waals surface area contributed by atoms with Crippen LogP contribution in [0.5, 0.6) is 0 Å². The summed E-state index contributed by atoms with van der Waals surface area (Å²) in [6, 6.07) is 65.6. The molecule has 0 saturated carbocycles. The van der Waals surface area contributed by atoms with Gasteiger partial charge in [-0.1, -0.05) is 159 Å². The van der Waals surface area contributed by atoms with Gasteiger partial charge >= 0.3 is 0 Å². The Bertz CT molecular complexity index is 3390. The Kier molecular flexibility index (Phi) is 7.43. The van der Waals surface area contributed by atoms with E-state index in [1.54, 1.807) is 0 Å². The van der Waals surface area contributed by atoms with Crippen LogP contribution in [0.2, 0.25) is 0 Å². The Morgan fingerprint density at radius 2 is 1.17 bits per heavy atom. The van der Waals surface area contributed by atoms with Crippen molar-refractivity contribution in [2.24, 2.45) is 0 Å². The van der Waals surface area contributed by atoms with E-state index in [0.29, 0.717) is 0 Å². The lowest BCUT2D eigenvalue weighted by Gasteiger charge is -2.43. The van der Waals surface area contributed by atoms with E-state index >= 15 is 0 Å². The molecule has 4 nitrogen and oxygen atoms in total. The van der Waals surface area contributed by atoms with E-state index in [4.69, 9.17) is 9.97 Å². The summed E-state index contributed by atoms with van der Waals surface area (Å²) >= 11 is 1.89. The molecule has 7 aromatic carbocycles. The van der Waals surface area contributed by atoms with Gasteiger partial charge in [0.25, 0.3) is 0 Å². The molecule has 0 saturated heterocycles. The molecule has 0 unspecified atom stereocenters. The summed E-state index contributed by atoms with van der Waals surface area (Å²) in [5.74, 6) is 0.915. The SMILES string of the molecule is CC1(C)c2ccc([Si](c3ccccc3)(c3ccccc3)c3ccc4c5ccccc5n5ccnc5c4c3)cc2N(c2ccccn2)c2c1ccc1c2sc2ccccc21. The summed E-state index contributed by atoms with van der Waals surface area (Å²) in [5.41, 5.74) is 6.85. The molecule has 1 aliphatic rings. The fourth-order valence-corrected chi connectivity index (χ4v) is 16.2. The molecule has 59 heavy (non-hydrogen) atoms. The first kappa shape index (κ1) is 34.2. The van der Waals surface area contributed by atoms with Gasteiger partial charge in [0, 0.05) is 50.3 Å². The number of aromatic nitrogens is 3. The molecule has 0 radical (unpaired) electrons. The van der Waals surface area contributed by atoms with Crippen LogP contribution >= 0.6 is 11.3 Å². The molecule has 11 aromatic rings. The Morgan fingerprint density at radius 1 is 0.508 bits per heavy atom. The van der Waals surface area contributed by atoms with Crippen LogP contribution in [0.3, 0.4) is 0 Å². The third-order valence-corrected chi connectivity index (χ3v) is 18.8. The number of fused-ring (bicyclic) bond motifs is 12. The van der Waals surface area contributed by atoms with Gasteiger partial charge in [-0.2, -0.15) is 0 Å². The number of hydrogen-bond donors (Lipinski definition) is 0. The zero-order valence-electron chi connectivity index (χ0n) is 32.7. The van der Waals surface area contributed by atoms with Crippen molar-refractivity contribution in [3.63, 3.8) is 0 Å². The van der Waals surface area contributed by atoms with Crippen LogP contribution < -0.4 is 25.6 Å². The Morgan fingerprint density at radius 3 is 1.95 bits per heavy atom. The van der Waals surface area contributed by atoms with Crippen LogP contribution in [0.1, 0.15) is 25.0 Å². The van der Waals surface area contributed by atoms with Crippen molar-refractivity contribution in [3.8, 4) is 0 Å². The molecule has 0 atom stereocenters. The van der Waals surface area contributed by atoms with Gasteiger partial charge in [-0.25, -0.2) is 9.97 Å². The molecule has 0 aliphatic carbocycles. The summed E-state index contributed by atoms with van der Waals surface area (Å²) in [6.07, 6.45) is 5.94. The highest BCUT2D eigenvalue weighted by Crippen LogP contribution is 2.55. The maximum atomic E-state index is 5.09. The minimum absolute atomic E-state index is 0.279. The molecule has 280 valence electrons. The van der Waals surface area contributed by atoms with Crippen LogP contribution in [0, 0.1) is 0 Å². The predicted molar refractivity (Wildman–Crippen MR) is 251 cm³/mol. The summed E-state index contributed by atoms with van der Waals surface area (Å²) in [5, 5.41) is 11.5. The Balaban J connectivity index is 1.20. The fourth-order valence-electron chi connectivity index (χ4n) is 10.2. The molecule has 6 heteroatoms. The molecule has 0 bridgehead atoms. The van der Waals surface area contributed by atoms with E-state index in [9.17, 15) is 0 Å². The number of benzene rings is 7. The summed E-state index contributed by atoms with van der Waals surface area (Å²) in [6.45, 7) is 4.78. The minimum Gasteiger partial charge on any atom is -0.299 e. The number of nitrogens with zero attached hydrogens (tertiary/aromatic N) is 4. The van der Waals surface area contributed by atoms with Gasteiger partial charge in [-0.05, 0) is 67.6 Å². The van der Waals surface area contributed by atoms with Gasteiger partial charge in [0.15, 0.2) is 8.07 Å². The number of thiophene rings is 1. The summed E-state index contributed by atoms with van der Waals surface area (Å²) in [7, 11) is -3.04. The van der Waals surface area contributed by atoms with Gasteiger partial charge in [0.05, 0.1) is 21.6 Å². The van der Waals surface area contributed by atoms with Crippen molar-refractivity contribution in [2.75, 3.05) is 4.90 Å². The van der Waals surface area contributed by atoms with Gasteiger partial charge in [-0.3, -0.25) is 9.30 Å². The smallest absolute Gasteiger partial charge is 0.179 e. The molecule has 0 amide bonds. The average molecular weight is 791 g/mol. The van der Waals surface area contributed by atoms with Crippen LogP contribution in [-0.2, 0) is 5.41 Å². The third kappa shape index (κ3) is 4.81. The first-order valence-corrected chi connectivity index (χ1v) is 23.0. The summed E-state index contributed by atoms with van der Waals surface area (Å²) < 4.78 is 4.83. The Labute approximate surface area is 347 Å². The van der Waals surface area contributed by atoms with E-state index in [1.807, 2.05) is 29.8 Å². The first-order chi connectivity index (χ1) is 29.0. The second-order valence-corrected chi connectivity index (χ2v) is 21.1. The second kappa shape index (κ2) is 12.8. The second-order valence-electron chi connectivity index (χ2n) is 16.2. The molecule has 12 rings (SSSR count). The van der Waals surface area contributed by atoms with Crippen LogP contribution in [0.15, 0.2) is 195 Å². The van der Waals surface area contributed by atoms with Gasteiger partial charge < -0.3 is 0 Å². The molecule has 1 aliphatic heterocycles. The maximum Gasteiger partial charge on any atom is 0.179 e. The van der Waals surface area contributed by atoms with Crippen molar-refractivity contribution in [1.29, 1.82) is 0 Å². The van der Waals surface area contributed by atoms with Crippen LogP contribution in [-0.4, -0.2) is 22.4 Å². The molecular weight excluding hydrogens is 753 g/mol. The zero-order valence-corrected chi connectivity index (χ0v) is 34.5. The lowest BCUT2D eigenvalue weighted by Crippen LogP contribution is -2.74. The molecule has 0 N–H and O–H groups in total. The number of anilines is 3. The third-order valence-electron chi connectivity index (χ3n) is 12.8. The van der Waals surface area contributed by atoms with E-state index < -0.39 is 8.07 Å². The monoisotopic (exact) mass is 790 g/mol. The predicted octanol–water partition coefficient (Wildman–Crippen LogP) is 10.9. The van der Waals surface area contributed by atoms with E-state index in [-0.39, 0.29) is 5.41 Å². The van der Waals surface area contributed by atoms with Crippen molar-refractivity contribution < 1.29 is 0 Å². The van der Waals surface area contributed by atoms with Crippen molar-refractivity contribution in [3.05, 3.63) is 206 Å². The first-order valence-electron chi connectivity index (χ1n) is 20.2. The number of rotatable bonds is 5. The molecule has 0 fully saturated rings. The van der Waals surface area contributed by atoms with Crippen molar-refractivity contribution in [2.45, 2.75) is 19.3 Å². The van der Waals surface area contributed by atoms with E-state index in [0.717, 1.165) is 22.4 Å². The van der Waals surface area contributed by atoms with E-state index in [1.165, 1.54) is 74.2 Å². The lowest BCUT2D eigenvalue weighted by atomic mass is 9.73. The lowest BCUT2D eigenvalue weighted by molar-refractivity contribution is 0.633. The average Bonchev–Trinajstić information content (AvgIpc) is 3.94. The van der Waals surface area contributed by atoms with Crippen molar-refractivity contribution in [1.82, 2.24) is 14.4 Å². The molecular formula is C53H38N4SSi. The highest BCUT2D eigenvalue weighted by Gasteiger charge is 2.45. The quantitative estimate of drug-likeness (QED) is 0.0989. The highest BCUT2D eigenvalue weighted by atomic mass is 32.1. The van der Waals surface area contributed by atoms with Crippen LogP contribution in [0.4, 0.5) is 17.2 Å². The Hall–Kier alpha value is -6.86. The fraction of sp³-hybridized carbons (Fsp3) is 0.0566. The van der Waals surface area contributed by atoms with Gasteiger partial charge in [-0.15, -0.1) is 11.3 Å². The number of pyridine rings is 2. The molecule has 4 aromatic heterocycles. The summed E-state index contributed by atoms with van der Waals surface area (Å²) in [4.78, 5) is 12.5. The molecule has 5 heterocycles. The number of imidazole rings is 1. The normalized spacial score (nSPS) is 13.7. The minimum atomic E-state index is -3.04. The molecule has 0 spiro atoms. The van der Waals surface area contributed by atoms with Crippen LogP contribution in [0.25, 0.3) is 47.5 Å².